The van der Waals surface area contributed by atoms with Gasteiger partial charge in [-0.2, -0.15) is 0 Å². The maximum atomic E-state index is 11.9. The van der Waals surface area contributed by atoms with Gasteiger partial charge in [-0.05, 0) is 12.0 Å². The Morgan fingerprint density at radius 3 is 2.59 bits per heavy atom. The zero-order valence-corrected chi connectivity index (χ0v) is 10.9. The van der Waals surface area contributed by atoms with E-state index in [4.69, 9.17) is 16.3 Å². The molecule has 1 amide bonds. The summed E-state index contributed by atoms with van der Waals surface area (Å²) in [5.41, 5.74) is 0.805. The molecule has 1 N–H and O–H groups in total. The summed E-state index contributed by atoms with van der Waals surface area (Å²) in [4.78, 5) is 11.9. The Balaban J connectivity index is 2.58. The van der Waals surface area contributed by atoms with Crippen molar-refractivity contribution < 1.29 is 9.53 Å². The summed E-state index contributed by atoms with van der Waals surface area (Å²) in [5.74, 6) is -0.179. The molecule has 2 atom stereocenters. The topological polar surface area (TPSA) is 38.3 Å². The van der Waals surface area contributed by atoms with Crippen LogP contribution in [0, 0.1) is 0 Å². The van der Waals surface area contributed by atoms with Gasteiger partial charge < -0.3 is 10.1 Å². The Morgan fingerprint density at radius 1 is 1.41 bits per heavy atom. The Labute approximate surface area is 107 Å². The SMILES string of the molecule is CCC(COC)NC(=O)C(Cl)c1ccccc1. The zero-order chi connectivity index (χ0) is 12.7. The number of hydrogen-bond acceptors (Lipinski definition) is 2. The number of halogens is 1. The van der Waals surface area contributed by atoms with Gasteiger partial charge >= 0.3 is 0 Å². The van der Waals surface area contributed by atoms with Gasteiger partial charge in [-0.3, -0.25) is 4.79 Å². The van der Waals surface area contributed by atoms with Gasteiger partial charge in [-0.1, -0.05) is 37.3 Å². The van der Waals surface area contributed by atoms with Crippen molar-refractivity contribution in [3.8, 4) is 0 Å². The predicted molar refractivity (Wildman–Crippen MR) is 69.1 cm³/mol. The van der Waals surface area contributed by atoms with Crippen LogP contribution in [-0.2, 0) is 9.53 Å². The molecule has 4 heteroatoms. The summed E-state index contributed by atoms with van der Waals surface area (Å²) in [5, 5.41) is 2.22. The molecular formula is C13H18ClNO2. The van der Waals surface area contributed by atoms with Crippen LogP contribution in [0.5, 0.6) is 0 Å². The van der Waals surface area contributed by atoms with Crippen molar-refractivity contribution in [2.75, 3.05) is 13.7 Å². The van der Waals surface area contributed by atoms with E-state index in [-0.39, 0.29) is 11.9 Å². The summed E-state index contributed by atoms with van der Waals surface area (Å²) < 4.78 is 5.02. The Hall–Kier alpha value is -1.06. The Morgan fingerprint density at radius 2 is 2.06 bits per heavy atom. The van der Waals surface area contributed by atoms with Crippen molar-refractivity contribution in [1.29, 1.82) is 0 Å². The first kappa shape index (κ1) is 14.0. The van der Waals surface area contributed by atoms with E-state index in [1.54, 1.807) is 7.11 Å². The van der Waals surface area contributed by atoms with Gasteiger partial charge in [-0.15, -0.1) is 11.6 Å². The molecule has 94 valence electrons. The van der Waals surface area contributed by atoms with Crippen LogP contribution in [0.2, 0.25) is 0 Å². The predicted octanol–water partition coefficient (Wildman–Crippen LogP) is 2.51. The summed E-state index contributed by atoms with van der Waals surface area (Å²) in [6, 6.07) is 9.32. The van der Waals surface area contributed by atoms with Crippen molar-refractivity contribution >= 4 is 17.5 Å². The van der Waals surface area contributed by atoms with Crippen molar-refractivity contribution in [1.82, 2.24) is 5.32 Å². The smallest absolute Gasteiger partial charge is 0.242 e. The van der Waals surface area contributed by atoms with E-state index < -0.39 is 5.38 Å². The molecule has 0 spiro atoms. The molecule has 17 heavy (non-hydrogen) atoms. The second kappa shape index (κ2) is 7.30. The molecule has 1 aromatic carbocycles. The van der Waals surface area contributed by atoms with E-state index in [1.165, 1.54) is 0 Å². The third-order valence-electron chi connectivity index (χ3n) is 2.53. The minimum Gasteiger partial charge on any atom is -0.383 e. The van der Waals surface area contributed by atoms with Crippen LogP contribution in [-0.4, -0.2) is 25.7 Å². The Bertz CT molecular complexity index is 343. The fourth-order valence-electron chi connectivity index (χ4n) is 1.51. The lowest BCUT2D eigenvalue weighted by Gasteiger charge is -2.18. The summed E-state index contributed by atoms with van der Waals surface area (Å²) >= 11 is 6.11. The molecule has 3 nitrogen and oxygen atoms in total. The van der Waals surface area contributed by atoms with Gasteiger partial charge in [-0.25, -0.2) is 0 Å². The molecular weight excluding hydrogens is 238 g/mol. The molecule has 2 unspecified atom stereocenters. The van der Waals surface area contributed by atoms with Gasteiger partial charge in [0.2, 0.25) is 5.91 Å². The second-order valence-electron chi connectivity index (χ2n) is 3.84. The van der Waals surface area contributed by atoms with E-state index in [2.05, 4.69) is 5.32 Å². The van der Waals surface area contributed by atoms with Gasteiger partial charge in [0.25, 0.3) is 0 Å². The third-order valence-corrected chi connectivity index (χ3v) is 2.98. The average molecular weight is 256 g/mol. The summed E-state index contributed by atoms with van der Waals surface area (Å²) in [7, 11) is 1.62. The second-order valence-corrected chi connectivity index (χ2v) is 4.28. The average Bonchev–Trinajstić information content (AvgIpc) is 2.38. The lowest BCUT2D eigenvalue weighted by atomic mass is 10.1. The molecule has 1 rings (SSSR count). The molecule has 0 fully saturated rings. The van der Waals surface area contributed by atoms with Crippen LogP contribution in [0.3, 0.4) is 0 Å². The number of ether oxygens (including phenoxy) is 1. The molecule has 0 aliphatic carbocycles. The molecule has 0 saturated heterocycles. The largest absolute Gasteiger partial charge is 0.383 e. The molecule has 0 radical (unpaired) electrons. The van der Waals surface area contributed by atoms with E-state index in [0.717, 1.165) is 12.0 Å². The van der Waals surface area contributed by atoms with Crippen LogP contribution in [0.1, 0.15) is 24.3 Å². The number of amides is 1. The normalized spacial score (nSPS) is 14.1. The number of hydrogen-bond donors (Lipinski definition) is 1. The van der Waals surface area contributed by atoms with Gasteiger partial charge in [0, 0.05) is 7.11 Å². The number of rotatable bonds is 6. The van der Waals surface area contributed by atoms with Crippen LogP contribution < -0.4 is 5.32 Å². The van der Waals surface area contributed by atoms with Crippen LogP contribution in [0.4, 0.5) is 0 Å². The minimum atomic E-state index is -0.651. The molecule has 0 bridgehead atoms. The fraction of sp³-hybridized carbons (Fsp3) is 0.462. The fourth-order valence-corrected chi connectivity index (χ4v) is 1.72. The standard InChI is InChI=1S/C13H18ClNO2/c1-3-11(9-17-2)15-13(16)12(14)10-7-5-4-6-8-10/h4-8,11-12H,3,9H2,1-2H3,(H,15,16). The van der Waals surface area contributed by atoms with Crippen molar-refractivity contribution in [2.45, 2.75) is 24.8 Å². The molecule has 0 aliphatic rings. The highest BCUT2D eigenvalue weighted by Gasteiger charge is 2.19. The highest BCUT2D eigenvalue weighted by Crippen LogP contribution is 2.20. The van der Waals surface area contributed by atoms with Crippen LogP contribution in [0.25, 0.3) is 0 Å². The maximum Gasteiger partial charge on any atom is 0.242 e. The number of carbonyl (C=O) groups excluding carboxylic acids is 1. The first-order valence-corrected chi connectivity index (χ1v) is 6.11. The maximum absolute atomic E-state index is 11.9. The van der Waals surface area contributed by atoms with Crippen molar-refractivity contribution in [2.24, 2.45) is 0 Å². The highest BCUT2D eigenvalue weighted by molar-refractivity contribution is 6.30. The quantitative estimate of drug-likeness (QED) is 0.794. The first-order valence-electron chi connectivity index (χ1n) is 5.67. The van der Waals surface area contributed by atoms with E-state index in [0.29, 0.717) is 6.61 Å². The zero-order valence-electron chi connectivity index (χ0n) is 10.2. The number of carbonyl (C=O) groups is 1. The molecule has 1 aromatic rings. The van der Waals surface area contributed by atoms with E-state index >= 15 is 0 Å². The molecule has 0 heterocycles. The van der Waals surface area contributed by atoms with Crippen molar-refractivity contribution in [3.63, 3.8) is 0 Å². The lowest BCUT2D eigenvalue weighted by Crippen LogP contribution is -2.39. The molecule has 0 aliphatic heterocycles. The number of nitrogens with one attached hydrogen (secondary N) is 1. The summed E-state index contributed by atoms with van der Waals surface area (Å²) in [6.07, 6.45) is 0.817. The number of methoxy groups -OCH3 is 1. The van der Waals surface area contributed by atoms with E-state index in [1.807, 2.05) is 37.3 Å². The van der Waals surface area contributed by atoms with E-state index in [9.17, 15) is 4.79 Å². The highest BCUT2D eigenvalue weighted by atomic mass is 35.5. The molecule has 0 saturated carbocycles. The van der Waals surface area contributed by atoms with Crippen molar-refractivity contribution in [3.05, 3.63) is 35.9 Å². The Kier molecular flexibility index (Phi) is 6.01. The monoisotopic (exact) mass is 255 g/mol. The molecule has 0 aromatic heterocycles. The van der Waals surface area contributed by atoms with Gasteiger partial charge in [0.1, 0.15) is 5.38 Å². The number of benzene rings is 1. The van der Waals surface area contributed by atoms with Gasteiger partial charge in [0.05, 0.1) is 12.6 Å². The third kappa shape index (κ3) is 4.36. The lowest BCUT2D eigenvalue weighted by molar-refractivity contribution is -0.121. The summed E-state index contributed by atoms with van der Waals surface area (Å²) in [6.45, 7) is 2.50. The minimum absolute atomic E-state index is 0.0115. The van der Waals surface area contributed by atoms with Gasteiger partial charge in [0.15, 0.2) is 0 Å². The van der Waals surface area contributed by atoms with Crippen LogP contribution in [0.15, 0.2) is 30.3 Å². The first-order chi connectivity index (χ1) is 8.19. The van der Waals surface area contributed by atoms with Crippen LogP contribution >= 0.6 is 11.6 Å². The number of alkyl halides is 1.